The second-order valence-corrected chi connectivity index (χ2v) is 5.63. The molecule has 94 valence electrons. The zero-order chi connectivity index (χ0) is 12.0. The van der Waals surface area contributed by atoms with E-state index in [0.29, 0.717) is 6.42 Å². The molecule has 3 heteroatoms. The molecule has 0 heterocycles. The Kier molecular flexibility index (Phi) is 5.26. The average Bonchev–Trinajstić information content (AvgIpc) is 2.14. The molecule has 1 amide bonds. The monoisotopic (exact) mass is 226 g/mol. The molecule has 16 heavy (non-hydrogen) atoms. The number of unbranched alkanes of at least 4 members (excludes halogenated alkanes) is 1. The van der Waals surface area contributed by atoms with Gasteiger partial charge in [0.2, 0.25) is 5.91 Å². The highest BCUT2D eigenvalue weighted by molar-refractivity contribution is 5.77. The Morgan fingerprint density at radius 2 is 2.06 bits per heavy atom. The van der Waals surface area contributed by atoms with Gasteiger partial charge < -0.3 is 11.1 Å². The minimum Gasteiger partial charge on any atom is -0.356 e. The lowest BCUT2D eigenvalue weighted by atomic mass is 9.75. The molecule has 0 atom stereocenters. The maximum absolute atomic E-state index is 11.6. The lowest BCUT2D eigenvalue weighted by molar-refractivity contribution is -0.123. The van der Waals surface area contributed by atoms with E-state index in [4.69, 9.17) is 5.73 Å². The molecule has 1 saturated carbocycles. The molecule has 0 aromatic heterocycles. The van der Waals surface area contributed by atoms with Gasteiger partial charge in [0.15, 0.2) is 0 Å². The van der Waals surface area contributed by atoms with Crippen molar-refractivity contribution in [2.45, 2.75) is 64.3 Å². The van der Waals surface area contributed by atoms with E-state index in [1.165, 1.54) is 19.3 Å². The van der Waals surface area contributed by atoms with Gasteiger partial charge in [-0.1, -0.05) is 26.7 Å². The molecular formula is C13H26N2O. The van der Waals surface area contributed by atoms with Gasteiger partial charge in [-0.25, -0.2) is 0 Å². The summed E-state index contributed by atoms with van der Waals surface area (Å²) in [6.07, 6.45) is 7.24. The van der Waals surface area contributed by atoms with Crippen molar-refractivity contribution in [1.82, 2.24) is 5.32 Å². The van der Waals surface area contributed by atoms with E-state index in [2.05, 4.69) is 19.2 Å². The summed E-state index contributed by atoms with van der Waals surface area (Å²) in [4.78, 5) is 11.6. The van der Waals surface area contributed by atoms with Gasteiger partial charge in [-0.15, -0.1) is 0 Å². The van der Waals surface area contributed by atoms with Crippen LogP contribution in [-0.2, 0) is 4.79 Å². The molecule has 0 aliphatic heterocycles. The normalized spacial score (nSPS) is 18.2. The smallest absolute Gasteiger partial charge is 0.221 e. The van der Waals surface area contributed by atoms with Crippen LogP contribution in [0.4, 0.5) is 0 Å². The van der Waals surface area contributed by atoms with Crippen LogP contribution in [0.1, 0.15) is 58.8 Å². The molecule has 0 radical (unpaired) electrons. The van der Waals surface area contributed by atoms with Crippen LogP contribution in [-0.4, -0.2) is 18.0 Å². The first kappa shape index (κ1) is 13.5. The topological polar surface area (TPSA) is 55.1 Å². The number of hydrogen-bond donors (Lipinski definition) is 2. The summed E-state index contributed by atoms with van der Waals surface area (Å²) in [5.74, 6) is 0.893. The summed E-state index contributed by atoms with van der Waals surface area (Å²) in [5, 5.41) is 2.96. The Labute approximate surface area is 99.2 Å². The van der Waals surface area contributed by atoms with Crippen LogP contribution in [0.2, 0.25) is 0 Å². The van der Waals surface area contributed by atoms with E-state index in [1.54, 1.807) is 0 Å². The van der Waals surface area contributed by atoms with Crippen LogP contribution in [0, 0.1) is 5.92 Å². The minimum atomic E-state index is -0.179. The SMILES string of the molecule is CC(C)CCCCNC(=O)CC1(N)CCC1. The molecule has 0 aromatic carbocycles. The Morgan fingerprint density at radius 3 is 2.56 bits per heavy atom. The van der Waals surface area contributed by atoms with E-state index >= 15 is 0 Å². The van der Waals surface area contributed by atoms with Gasteiger partial charge in [-0.05, 0) is 31.6 Å². The van der Waals surface area contributed by atoms with Gasteiger partial charge in [0.1, 0.15) is 0 Å². The fraction of sp³-hybridized carbons (Fsp3) is 0.923. The van der Waals surface area contributed by atoms with E-state index in [9.17, 15) is 4.79 Å². The van der Waals surface area contributed by atoms with Crippen molar-refractivity contribution in [3.63, 3.8) is 0 Å². The zero-order valence-electron chi connectivity index (χ0n) is 10.7. The van der Waals surface area contributed by atoms with Gasteiger partial charge in [0.05, 0.1) is 0 Å². The first-order valence-corrected chi connectivity index (χ1v) is 6.57. The maximum Gasteiger partial charge on any atom is 0.221 e. The quantitative estimate of drug-likeness (QED) is 0.654. The Balaban J connectivity index is 1.98. The molecule has 1 fully saturated rings. The summed E-state index contributed by atoms with van der Waals surface area (Å²) in [6, 6.07) is 0. The number of nitrogens with two attached hydrogens (primary N) is 1. The predicted octanol–water partition coefficient (Wildman–Crippen LogP) is 2.20. The fourth-order valence-electron chi connectivity index (χ4n) is 2.10. The number of nitrogens with one attached hydrogen (secondary N) is 1. The molecule has 1 aliphatic carbocycles. The van der Waals surface area contributed by atoms with Crippen LogP contribution in [0.15, 0.2) is 0 Å². The highest BCUT2D eigenvalue weighted by atomic mass is 16.1. The van der Waals surface area contributed by atoms with Crippen molar-refractivity contribution in [2.75, 3.05) is 6.54 Å². The molecule has 3 N–H and O–H groups in total. The predicted molar refractivity (Wildman–Crippen MR) is 67.1 cm³/mol. The van der Waals surface area contributed by atoms with Gasteiger partial charge in [-0.2, -0.15) is 0 Å². The summed E-state index contributed by atoms with van der Waals surface area (Å²) in [5.41, 5.74) is 5.83. The van der Waals surface area contributed by atoms with Gasteiger partial charge in [-0.3, -0.25) is 4.79 Å². The van der Waals surface area contributed by atoms with E-state index < -0.39 is 0 Å². The Hall–Kier alpha value is -0.570. The van der Waals surface area contributed by atoms with E-state index in [-0.39, 0.29) is 11.4 Å². The van der Waals surface area contributed by atoms with Crippen molar-refractivity contribution in [3.8, 4) is 0 Å². The van der Waals surface area contributed by atoms with Crippen LogP contribution in [0.3, 0.4) is 0 Å². The maximum atomic E-state index is 11.6. The largest absolute Gasteiger partial charge is 0.356 e. The fourth-order valence-corrected chi connectivity index (χ4v) is 2.10. The summed E-state index contributed by atoms with van der Waals surface area (Å²) in [7, 11) is 0. The second kappa shape index (κ2) is 6.24. The van der Waals surface area contributed by atoms with E-state index in [1.807, 2.05) is 0 Å². The highest BCUT2D eigenvalue weighted by Crippen LogP contribution is 2.31. The van der Waals surface area contributed by atoms with Crippen LogP contribution < -0.4 is 11.1 Å². The van der Waals surface area contributed by atoms with Gasteiger partial charge in [0, 0.05) is 18.5 Å². The van der Waals surface area contributed by atoms with Crippen molar-refractivity contribution in [2.24, 2.45) is 11.7 Å². The third-order valence-electron chi connectivity index (χ3n) is 3.39. The number of rotatable bonds is 7. The molecule has 0 bridgehead atoms. The van der Waals surface area contributed by atoms with Crippen LogP contribution in [0.25, 0.3) is 0 Å². The molecule has 0 unspecified atom stereocenters. The lowest BCUT2D eigenvalue weighted by Crippen LogP contribution is -2.50. The summed E-state index contributed by atoms with van der Waals surface area (Å²) >= 11 is 0. The lowest BCUT2D eigenvalue weighted by Gasteiger charge is -2.37. The van der Waals surface area contributed by atoms with Crippen LogP contribution in [0.5, 0.6) is 0 Å². The summed E-state index contributed by atoms with van der Waals surface area (Å²) < 4.78 is 0. The molecule has 0 spiro atoms. The number of amides is 1. The molecular weight excluding hydrogens is 200 g/mol. The van der Waals surface area contributed by atoms with Gasteiger partial charge >= 0.3 is 0 Å². The molecule has 1 aliphatic rings. The zero-order valence-corrected chi connectivity index (χ0v) is 10.7. The van der Waals surface area contributed by atoms with Crippen molar-refractivity contribution in [1.29, 1.82) is 0 Å². The molecule has 0 saturated heterocycles. The third-order valence-corrected chi connectivity index (χ3v) is 3.39. The average molecular weight is 226 g/mol. The Bertz CT molecular complexity index is 222. The minimum absolute atomic E-state index is 0.131. The first-order chi connectivity index (χ1) is 7.52. The number of carbonyl (C=O) groups is 1. The van der Waals surface area contributed by atoms with Crippen molar-refractivity contribution >= 4 is 5.91 Å². The number of hydrogen-bond acceptors (Lipinski definition) is 2. The van der Waals surface area contributed by atoms with E-state index in [0.717, 1.165) is 31.7 Å². The summed E-state index contributed by atoms with van der Waals surface area (Å²) in [6.45, 7) is 5.27. The second-order valence-electron chi connectivity index (χ2n) is 5.63. The molecule has 3 nitrogen and oxygen atoms in total. The van der Waals surface area contributed by atoms with Gasteiger partial charge in [0.25, 0.3) is 0 Å². The number of carbonyl (C=O) groups excluding carboxylic acids is 1. The Morgan fingerprint density at radius 1 is 1.38 bits per heavy atom. The van der Waals surface area contributed by atoms with Crippen molar-refractivity contribution < 1.29 is 4.79 Å². The molecule has 1 rings (SSSR count). The third kappa shape index (κ3) is 4.97. The highest BCUT2D eigenvalue weighted by Gasteiger charge is 2.34. The first-order valence-electron chi connectivity index (χ1n) is 6.57. The van der Waals surface area contributed by atoms with Crippen LogP contribution >= 0.6 is 0 Å². The molecule has 0 aromatic rings. The standard InChI is InChI=1S/C13H26N2O/c1-11(2)6-3-4-9-15-12(16)10-13(14)7-5-8-13/h11H,3-10,14H2,1-2H3,(H,15,16). The van der Waals surface area contributed by atoms with Crippen molar-refractivity contribution in [3.05, 3.63) is 0 Å².